The van der Waals surface area contributed by atoms with Gasteiger partial charge in [0, 0.05) is 26.2 Å². The molecule has 1 N–H and O–H groups in total. The third kappa shape index (κ3) is 4.49. The summed E-state index contributed by atoms with van der Waals surface area (Å²) in [4.78, 5) is 9.78. The van der Waals surface area contributed by atoms with Gasteiger partial charge in [0.05, 0.1) is 22.6 Å². The topological polar surface area (TPSA) is 136 Å². The van der Waals surface area contributed by atoms with E-state index in [1.807, 2.05) is 0 Å². The van der Waals surface area contributed by atoms with Crippen molar-refractivity contribution in [3.8, 4) is 5.75 Å². The molecule has 0 spiro atoms. The van der Waals surface area contributed by atoms with Crippen molar-refractivity contribution in [2.24, 2.45) is 0 Å². The van der Waals surface area contributed by atoms with Gasteiger partial charge < -0.3 is 4.74 Å². The summed E-state index contributed by atoms with van der Waals surface area (Å²) in [6.07, 6.45) is 0. The second kappa shape index (κ2) is 7.97. The van der Waals surface area contributed by atoms with Crippen LogP contribution in [0.2, 0.25) is 0 Å². The van der Waals surface area contributed by atoms with Crippen LogP contribution in [0.4, 0.5) is 11.4 Å². The molecule has 2 aromatic carbocycles. The fourth-order valence-corrected chi connectivity index (χ4v) is 4.80. The number of nitrogens with zero attached hydrogens (tertiary/aromatic N) is 2. The van der Waals surface area contributed by atoms with Crippen LogP contribution in [0.15, 0.2) is 40.1 Å². The molecule has 0 radical (unpaired) electrons. The minimum Gasteiger partial charge on any atom is -0.495 e. The number of nitrogens with one attached hydrogen (secondary N) is 1. The van der Waals surface area contributed by atoms with Gasteiger partial charge in [-0.3, -0.25) is 14.8 Å². The lowest BCUT2D eigenvalue weighted by Gasteiger charge is -2.17. The minimum atomic E-state index is -4.32. The third-order valence-corrected chi connectivity index (χ3v) is 7.49. The summed E-state index contributed by atoms with van der Waals surface area (Å²) in [5, 5.41) is 11.0. The molecule has 10 nitrogen and oxygen atoms in total. The van der Waals surface area contributed by atoms with Gasteiger partial charge in [0.2, 0.25) is 10.0 Å². The van der Waals surface area contributed by atoms with Gasteiger partial charge in [-0.05, 0) is 43.2 Å². The average molecular weight is 444 g/mol. The summed E-state index contributed by atoms with van der Waals surface area (Å²) in [6, 6.07) is 5.83. The summed E-state index contributed by atoms with van der Waals surface area (Å²) < 4.78 is 59.2. The highest BCUT2D eigenvalue weighted by atomic mass is 32.2. The Morgan fingerprint density at radius 3 is 2.21 bits per heavy atom. The Labute approximate surface area is 169 Å². The Kier molecular flexibility index (Phi) is 6.21. The number of hydrogen-bond acceptors (Lipinski definition) is 7. The first kappa shape index (κ1) is 22.6. The Morgan fingerprint density at radius 1 is 1.07 bits per heavy atom. The number of aryl methyl sites for hydroxylation is 1. The molecule has 2 rings (SSSR count). The Hall–Kier alpha value is -2.70. The molecular weight excluding hydrogens is 422 g/mol. The number of non-ortho nitro benzene ring substituents is 1. The molecule has 158 valence electrons. The number of nitro benzene ring substituents is 1. The molecule has 0 aliphatic rings. The molecule has 0 saturated heterocycles. The largest absolute Gasteiger partial charge is 0.495 e. The van der Waals surface area contributed by atoms with E-state index in [4.69, 9.17) is 4.74 Å². The first-order valence-electron chi connectivity index (χ1n) is 8.20. The highest BCUT2D eigenvalue weighted by Gasteiger charge is 2.26. The van der Waals surface area contributed by atoms with E-state index in [-0.39, 0.29) is 16.3 Å². The molecule has 0 aliphatic heterocycles. The van der Waals surface area contributed by atoms with E-state index >= 15 is 0 Å². The first-order valence-corrected chi connectivity index (χ1v) is 11.1. The molecule has 0 aromatic heterocycles. The van der Waals surface area contributed by atoms with Gasteiger partial charge in [-0.2, -0.15) is 0 Å². The van der Waals surface area contributed by atoms with E-state index in [2.05, 4.69) is 4.72 Å². The highest BCUT2D eigenvalue weighted by molar-refractivity contribution is 7.92. The normalized spacial score (nSPS) is 12.1. The van der Waals surface area contributed by atoms with Crippen molar-refractivity contribution in [2.45, 2.75) is 23.6 Å². The van der Waals surface area contributed by atoms with Gasteiger partial charge in [-0.15, -0.1) is 0 Å². The molecule has 0 bridgehead atoms. The summed E-state index contributed by atoms with van der Waals surface area (Å²) in [6.45, 7) is 3.28. The third-order valence-electron chi connectivity index (χ3n) is 4.31. The van der Waals surface area contributed by atoms with Gasteiger partial charge in [0.15, 0.2) is 0 Å². The van der Waals surface area contributed by atoms with Gasteiger partial charge in [0.1, 0.15) is 10.6 Å². The molecular formula is C17H21N3O7S2. The Balaban J connectivity index is 2.63. The number of methoxy groups -OCH3 is 1. The van der Waals surface area contributed by atoms with Crippen LogP contribution >= 0.6 is 0 Å². The number of nitro groups is 1. The first-order chi connectivity index (χ1) is 13.3. The highest BCUT2D eigenvalue weighted by Crippen LogP contribution is 2.32. The molecule has 0 atom stereocenters. The quantitative estimate of drug-likeness (QED) is 0.512. The molecule has 29 heavy (non-hydrogen) atoms. The predicted octanol–water partition coefficient (Wildman–Crippen LogP) is 2.27. The average Bonchev–Trinajstić information content (AvgIpc) is 2.64. The van der Waals surface area contributed by atoms with Crippen molar-refractivity contribution in [2.75, 3.05) is 25.9 Å². The summed E-state index contributed by atoms with van der Waals surface area (Å²) >= 11 is 0. The molecule has 0 aliphatic carbocycles. The predicted molar refractivity (Wildman–Crippen MR) is 107 cm³/mol. The maximum Gasteiger partial charge on any atom is 0.271 e. The van der Waals surface area contributed by atoms with Crippen LogP contribution < -0.4 is 9.46 Å². The summed E-state index contributed by atoms with van der Waals surface area (Å²) in [5.41, 5.74) is 0.675. The van der Waals surface area contributed by atoms with Crippen molar-refractivity contribution in [1.29, 1.82) is 0 Å². The van der Waals surface area contributed by atoms with Gasteiger partial charge in [-0.1, -0.05) is 0 Å². The number of sulfonamides is 2. The van der Waals surface area contributed by atoms with Crippen LogP contribution in [-0.4, -0.2) is 47.3 Å². The second-order valence-electron chi connectivity index (χ2n) is 6.40. The zero-order valence-electron chi connectivity index (χ0n) is 16.5. The molecule has 0 heterocycles. The Bertz CT molecular complexity index is 1170. The maximum atomic E-state index is 12.9. The second-order valence-corrected chi connectivity index (χ2v) is 10.2. The number of benzene rings is 2. The molecule has 0 fully saturated rings. The van der Waals surface area contributed by atoms with Gasteiger partial charge >= 0.3 is 0 Å². The fraction of sp³-hybridized carbons (Fsp3) is 0.294. The lowest BCUT2D eigenvalue weighted by molar-refractivity contribution is -0.385. The zero-order chi connectivity index (χ0) is 22.1. The van der Waals surface area contributed by atoms with Crippen LogP contribution in [-0.2, 0) is 20.0 Å². The SMILES string of the molecule is COc1ccc([N+](=O)[O-])cc1S(=O)(=O)Nc1cc(S(=O)(=O)N(C)C)cc(C)c1C. The van der Waals surface area contributed by atoms with E-state index in [0.717, 1.165) is 16.4 Å². The van der Waals surface area contributed by atoms with Crippen LogP contribution in [0.5, 0.6) is 5.75 Å². The molecule has 0 saturated carbocycles. The van der Waals surface area contributed by atoms with Crippen molar-refractivity contribution < 1.29 is 26.5 Å². The van der Waals surface area contributed by atoms with Crippen molar-refractivity contribution in [3.63, 3.8) is 0 Å². The summed E-state index contributed by atoms with van der Waals surface area (Å²) in [5.74, 6) is -0.0884. The van der Waals surface area contributed by atoms with Gasteiger partial charge in [0.25, 0.3) is 15.7 Å². The van der Waals surface area contributed by atoms with Crippen LogP contribution in [0.1, 0.15) is 11.1 Å². The monoisotopic (exact) mass is 443 g/mol. The molecule has 0 unspecified atom stereocenters. The van der Waals surface area contributed by atoms with Crippen LogP contribution in [0, 0.1) is 24.0 Å². The lowest BCUT2D eigenvalue weighted by Crippen LogP contribution is -2.23. The zero-order valence-corrected chi connectivity index (χ0v) is 18.1. The van der Waals surface area contributed by atoms with E-state index in [0.29, 0.717) is 11.1 Å². The van der Waals surface area contributed by atoms with Crippen molar-refractivity contribution in [3.05, 3.63) is 51.6 Å². The number of rotatable bonds is 7. The van der Waals surface area contributed by atoms with E-state index < -0.39 is 35.6 Å². The van der Waals surface area contributed by atoms with E-state index in [1.165, 1.54) is 39.4 Å². The lowest BCUT2D eigenvalue weighted by atomic mass is 10.1. The molecule has 12 heteroatoms. The number of anilines is 1. The fourth-order valence-electron chi connectivity index (χ4n) is 2.48. The van der Waals surface area contributed by atoms with E-state index in [1.54, 1.807) is 13.8 Å². The molecule has 0 amide bonds. The minimum absolute atomic E-state index is 0.0407. The van der Waals surface area contributed by atoms with E-state index in [9.17, 15) is 26.9 Å². The number of hydrogen-bond donors (Lipinski definition) is 1. The van der Waals surface area contributed by atoms with Crippen molar-refractivity contribution in [1.82, 2.24) is 4.31 Å². The standard InChI is InChI=1S/C17H21N3O7S2/c1-11-8-14(29(25,26)19(3)4)10-15(12(11)2)18-28(23,24)17-9-13(20(21)22)6-7-16(17)27-5/h6-10,18H,1-5H3. The van der Waals surface area contributed by atoms with Crippen LogP contribution in [0.3, 0.4) is 0 Å². The van der Waals surface area contributed by atoms with Crippen LogP contribution in [0.25, 0.3) is 0 Å². The smallest absolute Gasteiger partial charge is 0.271 e. The molecule has 2 aromatic rings. The maximum absolute atomic E-state index is 12.9. The summed E-state index contributed by atoms with van der Waals surface area (Å²) in [7, 11) is -4.16. The van der Waals surface area contributed by atoms with Gasteiger partial charge in [-0.25, -0.2) is 21.1 Å². The Morgan fingerprint density at radius 2 is 1.69 bits per heavy atom. The number of ether oxygens (including phenoxy) is 1. The van der Waals surface area contributed by atoms with Crippen molar-refractivity contribution >= 4 is 31.4 Å².